The van der Waals surface area contributed by atoms with Crippen molar-refractivity contribution < 1.29 is 4.79 Å². The summed E-state index contributed by atoms with van der Waals surface area (Å²) in [7, 11) is 4.22. The zero-order valence-corrected chi connectivity index (χ0v) is 14.0. The van der Waals surface area contributed by atoms with Gasteiger partial charge < -0.3 is 16.0 Å². The second kappa shape index (κ2) is 7.25. The highest BCUT2D eigenvalue weighted by Gasteiger charge is 2.36. The molecule has 0 radical (unpaired) electrons. The Labute approximate surface area is 134 Å². The van der Waals surface area contributed by atoms with E-state index in [0.29, 0.717) is 6.54 Å². The van der Waals surface area contributed by atoms with Crippen molar-refractivity contribution in [3.8, 4) is 0 Å². The van der Waals surface area contributed by atoms with Gasteiger partial charge in [0.05, 0.1) is 5.92 Å². The van der Waals surface area contributed by atoms with E-state index in [-0.39, 0.29) is 23.4 Å². The number of nitrogens with one attached hydrogen (secondary N) is 1. The van der Waals surface area contributed by atoms with E-state index >= 15 is 0 Å². The van der Waals surface area contributed by atoms with Gasteiger partial charge >= 0.3 is 0 Å². The van der Waals surface area contributed by atoms with E-state index in [1.807, 2.05) is 37.3 Å². The zero-order valence-electron chi connectivity index (χ0n) is 14.0. The van der Waals surface area contributed by atoms with Crippen molar-refractivity contribution in [3.05, 3.63) is 35.9 Å². The van der Waals surface area contributed by atoms with E-state index in [1.165, 1.54) is 12.8 Å². The van der Waals surface area contributed by atoms with Gasteiger partial charge in [-0.1, -0.05) is 50.1 Å². The fourth-order valence-electron chi connectivity index (χ4n) is 3.35. The summed E-state index contributed by atoms with van der Waals surface area (Å²) in [5, 5.41) is 3.14. The first-order chi connectivity index (χ1) is 10.5. The first kappa shape index (κ1) is 17.0. The lowest BCUT2D eigenvalue weighted by Crippen LogP contribution is -2.52. The molecule has 3 N–H and O–H groups in total. The van der Waals surface area contributed by atoms with Crippen LogP contribution in [-0.4, -0.2) is 37.0 Å². The minimum Gasteiger partial charge on any atom is -0.354 e. The van der Waals surface area contributed by atoms with Gasteiger partial charge in [0, 0.05) is 18.1 Å². The largest absolute Gasteiger partial charge is 0.354 e. The molecule has 4 heteroatoms. The lowest BCUT2D eigenvalue weighted by Gasteiger charge is -2.37. The minimum absolute atomic E-state index is 0.0458. The minimum atomic E-state index is -0.264. The molecule has 1 aromatic rings. The number of hydrogen-bond donors (Lipinski definition) is 2. The highest BCUT2D eigenvalue weighted by Crippen LogP contribution is 2.33. The number of nitrogens with two attached hydrogens (primary N) is 1. The van der Waals surface area contributed by atoms with Gasteiger partial charge in [0.15, 0.2) is 0 Å². The van der Waals surface area contributed by atoms with Gasteiger partial charge in [-0.3, -0.25) is 4.79 Å². The van der Waals surface area contributed by atoms with Gasteiger partial charge in [-0.25, -0.2) is 0 Å². The van der Waals surface area contributed by atoms with E-state index in [0.717, 1.165) is 18.4 Å². The Morgan fingerprint density at radius 3 is 2.41 bits per heavy atom. The molecule has 2 atom stereocenters. The summed E-state index contributed by atoms with van der Waals surface area (Å²) in [6, 6.07) is 9.57. The molecule has 1 amide bonds. The first-order valence-electron chi connectivity index (χ1n) is 8.22. The fourth-order valence-corrected chi connectivity index (χ4v) is 3.35. The Kier molecular flexibility index (Phi) is 5.59. The standard InChI is InChI=1S/C18H29N3O/c1-14(16(19)15-9-5-4-6-10-15)17(22)20-13-18(21(2)3)11-7-8-12-18/h4-6,9-10,14,16H,7-8,11-13,19H2,1-3H3,(H,20,22). The average Bonchev–Trinajstić information content (AvgIpc) is 3.02. The number of rotatable bonds is 6. The van der Waals surface area contributed by atoms with Crippen LogP contribution in [0.2, 0.25) is 0 Å². The Morgan fingerprint density at radius 1 is 1.27 bits per heavy atom. The average molecular weight is 303 g/mol. The van der Waals surface area contributed by atoms with Crippen LogP contribution in [0, 0.1) is 5.92 Å². The molecular weight excluding hydrogens is 274 g/mol. The van der Waals surface area contributed by atoms with Crippen LogP contribution in [0.1, 0.15) is 44.2 Å². The lowest BCUT2D eigenvalue weighted by molar-refractivity contribution is -0.125. The first-order valence-corrected chi connectivity index (χ1v) is 8.22. The molecule has 0 spiro atoms. The maximum Gasteiger partial charge on any atom is 0.224 e. The van der Waals surface area contributed by atoms with Gasteiger partial charge in [-0.2, -0.15) is 0 Å². The van der Waals surface area contributed by atoms with Crippen molar-refractivity contribution in [3.63, 3.8) is 0 Å². The molecule has 2 rings (SSSR count). The topological polar surface area (TPSA) is 58.4 Å². The molecule has 2 unspecified atom stereocenters. The van der Waals surface area contributed by atoms with Gasteiger partial charge in [0.25, 0.3) is 0 Å². The molecular formula is C18H29N3O. The van der Waals surface area contributed by atoms with Crippen LogP contribution >= 0.6 is 0 Å². The molecule has 1 fully saturated rings. The number of likely N-dealkylation sites (N-methyl/N-ethyl adjacent to an activating group) is 1. The summed E-state index contributed by atoms with van der Waals surface area (Å²) >= 11 is 0. The van der Waals surface area contributed by atoms with Crippen LogP contribution in [-0.2, 0) is 4.79 Å². The van der Waals surface area contributed by atoms with Crippen molar-refractivity contribution in [2.75, 3.05) is 20.6 Å². The van der Waals surface area contributed by atoms with E-state index < -0.39 is 0 Å². The van der Waals surface area contributed by atoms with E-state index in [1.54, 1.807) is 0 Å². The molecule has 0 aliphatic heterocycles. The number of benzene rings is 1. The molecule has 0 saturated heterocycles. The smallest absolute Gasteiger partial charge is 0.224 e. The van der Waals surface area contributed by atoms with Crippen LogP contribution in [0.25, 0.3) is 0 Å². The Hall–Kier alpha value is -1.39. The van der Waals surface area contributed by atoms with Crippen LogP contribution in [0.5, 0.6) is 0 Å². The Morgan fingerprint density at radius 2 is 1.86 bits per heavy atom. The second-order valence-electron chi connectivity index (χ2n) is 6.77. The number of amides is 1. The summed E-state index contributed by atoms with van der Waals surface area (Å²) in [4.78, 5) is 14.7. The highest BCUT2D eigenvalue weighted by molar-refractivity contribution is 5.79. The normalized spacial score (nSPS) is 19.9. The number of nitrogens with zero attached hydrogens (tertiary/aromatic N) is 1. The summed E-state index contributed by atoms with van der Waals surface area (Å²) in [6.07, 6.45) is 4.79. The number of hydrogen-bond acceptors (Lipinski definition) is 3. The summed E-state index contributed by atoms with van der Waals surface area (Å²) in [5.74, 6) is -0.188. The lowest BCUT2D eigenvalue weighted by atomic mass is 9.93. The molecule has 1 aromatic carbocycles. The van der Waals surface area contributed by atoms with Crippen LogP contribution < -0.4 is 11.1 Å². The second-order valence-corrected chi connectivity index (χ2v) is 6.77. The maximum atomic E-state index is 12.5. The number of carbonyl (C=O) groups is 1. The molecule has 0 aromatic heterocycles. The number of carbonyl (C=O) groups excluding carboxylic acids is 1. The van der Waals surface area contributed by atoms with E-state index in [9.17, 15) is 4.79 Å². The quantitative estimate of drug-likeness (QED) is 0.848. The monoisotopic (exact) mass is 303 g/mol. The third-order valence-corrected chi connectivity index (χ3v) is 5.21. The van der Waals surface area contributed by atoms with Crippen molar-refractivity contribution in [1.29, 1.82) is 0 Å². The third kappa shape index (κ3) is 3.68. The van der Waals surface area contributed by atoms with Crippen LogP contribution in [0.15, 0.2) is 30.3 Å². The van der Waals surface area contributed by atoms with Gasteiger partial charge in [0.2, 0.25) is 5.91 Å². The summed E-state index contributed by atoms with van der Waals surface area (Å²) in [6.45, 7) is 2.62. The van der Waals surface area contributed by atoms with E-state index in [4.69, 9.17) is 5.73 Å². The van der Waals surface area contributed by atoms with E-state index in [2.05, 4.69) is 24.3 Å². The van der Waals surface area contributed by atoms with Gasteiger partial charge in [-0.05, 0) is 32.5 Å². The predicted octanol–water partition coefficient (Wildman–Crippen LogP) is 2.31. The predicted molar refractivity (Wildman–Crippen MR) is 90.4 cm³/mol. The molecule has 1 saturated carbocycles. The molecule has 1 aliphatic carbocycles. The fraction of sp³-hybridized carbons (Fsp3) is 0.611. The van der Waals surface area contributed by atoms with Crippen molar-refractivity contribution in [2.45, 2.75) is 44.2 Å². The Balaban J connectivity index is 1.94. The van der Waals surface area contributed by atoms with Crippen molar-refractivity contribution in [2.24, 2.45) is 11.7 Å². The zero-order chi connectivity index (χ0) is 16.2. The molecule has 0 heterocycles. The van der Waals surface area contributed by atoms with Gasteiger partial charge in [-0.15, -0.1) is 0 Å². The van der Waals surface area contributed by atoms with Crippen LogP contribution in [0.4, 0.5) is 0 Å². The SMILES string of the molecule is CC(C(=O)NCC1(N(C)C)CCCC1)C(N)c1ccccc1. The summed E-state index contributed by atoms with van der Waals surface area (Å²) < 4.78 is 0. The molecule has 0 bridgehead atoms. The molecule has 4 nitrogen and oxygen atoms in total. The maximum absolute atomic E-state index is 12.5. The van der Waals surface area contributed by atoms with Crippen LogP contribution in [0.3, 0.4) is 0 Å². The van der Waals surface area contributed by atoms with Crippen molar-refractivity contribution >= 4 is 5.91 Å². The third-order valence-electron chi connectivity index (χ3n) is 5.21. The molecule has 1 aliphatic rings. The Bertz CT molecular complexity index is 480. The van der Waals surface area contributed by atoms with Gasteiger partial charge in [0.1, 0.15) is 0 Å². The van der Waals surface area contributed by atoms with Crippen molar-refractivity contribution in [1.82, 2.24) is 10.2 Å². The molecule has 122 valence electrons. The highest BCUT2D eigenvalue weighted by atomic mass is 16.1. The molecule has 22 heavy (non-hydrogen) atoms. The summed E-state index contributed by atoms with van der Waals surface area (Å²) in [5.41, 5.74) is 7.37.